The van der Waals surface area contributed by atoms with E-state index in [1.807, 2.05) is 29.6 Å². The summed E-state index contributed by atoms with van der Waals surface area (Å²) in [5.41, 5.74) is 6.99. The van der Waals surface area contributed by atoms with Crippen LogP contribution in [0.4, 0.5) is 0 Å². The number of nitrogens with two attached hydrogens (primary N) is 1. The number of hydrogen-bond donors (Lipinski definition) is 2. The number of hydrogen-bond acceptors (Lipinski definition) is 3. The second-order valence-electron chi connectivity index (χ2n) is 4.91. The molecule has 0 saturated heterocycles. The molecule has 0 amide bonds. The molecule has 21 heavy (non-hydrogen) atoms. The van der Waals surface area contributed by atoms with Gasteiger partial charge in [-0.1, -0.05) is 48.5 Å². The van der Waals surface area contributed by atoms with Gasteiger partial charge in [-0.25, -0.2) is 0 Å². The highest BCUT2D eigenvalue weighted by molar-refractivity contribution is 7.10. The summed E-state index contributed by atoms with van der Waals surface area (Å²) in [5.74, 6) is -0.0711. The summed E-state index contributed by atoms with van der Waals surface area (Å²) in [5, 5.41) is 14.9. The van der Waals surface area contributed by atoms with Gasteiger partial charge in [-0.3, -0.25) is 0 Å². The first-order valence-electron chi connectivity index (χ1n) is 6.70. The number of thiophene rings is 1. The molecule has 0 aliphatic heterocycles. The number of fused-ring (bicyclic) bond motifs is 1. The Balaban J connectivity index is 0.00000161. The molecule has 0 spiro atoms. The maximum atomic E-state index is 10.5. The van der Waals surface area contributed by atoms with Gasteiger partial charge >= 0.3 is 0 Å². The van der Waals surface area contributed by atoms with E-state index in [1.54, 1.807) is 11.3 Å². The van der Waals surface area contributed by atoms with Crippen LogP contribution >= 0.6 is 23.7 Å². The second kappa shape index (κ2) is 7.05. The van der Waals surface area contributed by atoms with Crippen LogP contribution in [0.1, 0.15) is 22.5 Å². The molecule has 0 aliphatic rings. The average Bonchev–Trinajstić information content (AvgIpc) is 3.02. The Hall–Kier alpha value is -1.39. The first-order valence-corrected chi connectivity index (χ1v) is 7.58. The van der Waals surface area contributed by atoms with Crippen molar-refractivity contribution in [3.8, 4) is 0 Å². The zero-order chi connectivity index (χ0) is 13.9. The minimum absolute atomic E-state index is 0. The molecule has 0 saturated carbocycles. The van der Waals surface area contributed by atoms with Crippen molar-refractivity contribution in [1.29, 1.82) is 0 Å². The summed E-state index contributed by atoms with van der Waals surface area (Å²) in [6, 6.07) is 18.4. The van der Waals surface area contributed by atoms with Gasteiger partial charge in [0.25, 0.3) is 0 Å². The molecule has 4 heteroatoms. The fraction of sp³-hybridized carbons (Fsp3) is 0.176. The summed E-state index contributed by atoms with van der Waals surface area (Å²) >= 11 is 1.57. The third kappa shape index (κ3) is 3.27. The van der Waals surface area contributed by atoms with Crippen molar-refractivity contribution in [1.82, 2.24) is 0 Å². The van der Waals surface area contributed by atoms with Gasteiger partial charge in [0.2, 0.25) is 0 Å². The van der Waals surface area contributed by atoms with E-state index in [4.69, 9.17) is 5.73 Å². The fourth-order valence-corrected chi connectivity index (χ4v) is 3.32. The first kappa shape index (κ1) is 16.0. The molecule has 3 N–H and O–H groups in total. The van der Waals surface area contributed by atoms with Gasteiger partial charge in [-0.2, -0.15) is 0 Å². The van der Waals surface area contributed by atoms with E-state index >= 15 is 0 Å². The van der Waals surface area contributed by atoms with Gasteiger partial charge in [0.1, 0.15) is 0 Å². The predicted octanol–water partition coefficient (Wildman–Crippen LogP) is 4.10. The summed E-state index contributed by atoms with van der Waals surface area (Å²) < 4.78 is 0. The topological polar surface area (TPSA) is 46.2 Å². The highest BCUT2D eigenvalue weighted by Gasteiger charge is 2.22. The van der Waals surface area contributed by atoms with Crippen LogP contribution < -0.4 is 5.73 Å². The highest BCUT2D eigenvalue weighted by Crippen LogP contribution is 2.33. The molecule has 2 unspecified atom stereocenters. The van der Waals surface area contributed by atoms with Crippen LogP contribution in [0.2, 0.25) is 0 Å². The number of halogens is 1. The number of aliphatic hydroxyl groups excluding tert-OH is 1. The molecular weight excluding hydrogens is 302 g/mol. The van der Waals surface area contributed by atoms with Crippen molar-refractivity contribution in [3.05, 3.63) is 70.4 Å². The number of benzene rings is 2. The van der Waals surface area contributed by atoms with Gasteiger partial charge in [0.05, 0.1) is 6.10 Å². The van der Waals surface area contributed by atoms with Crippen LogP contribution in [-0.4, -0.2) is 11.7 Å². The Labute approximate surface area is 134 Å². The van der Waals surface area contributed by atoms with E-state index in [0.29, 0.717) is 6.54 Å². The van der Waals surface area contributed by atoms with Crippen molar-refractivity contribution in [3.63, 3.8) is 0 Å². The van der Waals surface area contributed by atoms with Crippen molar-refractivity contribution in [2.24, 2.45) is 5.73 Å². The van der Waals surface area contributed by atoms with Crippen LogP contribution in [0.25, 0.3) is 10.8 Å². The van der Waals surface area contributed by atoms with E-state index in [1.165, 1.54) is 10.8 Å². The molecule has 0 bridgehead atoms. The zero-order valence-electron chi connectivity index (χ0n) is 11.5. The van der Waals surface area contributed by atoms with E-state index in [-0.39, 0.29) is 18.3 Å². The third-order valence-electron chi connectivity index (χ3n) is 3.67. The molecular formula is C17H18ClNOS. The van der Waals surface area contributed by atoms with Crippen LogP contribution in [0.15, 0.2) is 60.0 Å². The monoisotopic (exact) mass is 319 g/mol. The minimum Gasteiger partial charge on any atom is -0.387 e. The fourth-order valence-electron chi connectivity index (χ4n) is 2.54. The lowest BCUT2D eigenvalue weighted by Gasteiger charge is -2.21. The van der Waals surface area contributed by atoms with Gasteiger partial charge in [-0.15, -0.1) is 23.7 Å². The van der Waals surface area contributed by atoms with E-state index in [0.717, 1.165) is 10.4 Å². The predicted molar refractivity (Wildman–Crippen MR) is 92.3 cm³/mol. The first-order chi connectivity index (χ1) is 9.79. The zero-order valence-corrected chi connectivity index (χ0v) is 13.1. The quantitative estimate of drug-likeness (QED) is 0.760. The Bertz CT molecular complexity index is 699. The van der Waals surface area contributed by atoms with Crippen molar-refractivity contribution < 1.29 is 5.11 Å². The largest absolute Gasteiger partial charge is 0.387 e. The molecule has 2 nitrogen and oxygen atoms in total. The molecule has 3 aromatic rings. The normalized spacial score (nSPS) is 13.6. The molecule has 0 radical (unpaired) electrons. The number of aliphatic hydroxyl groups is 1. The maximum absolute atomic E-state index is 10.5. The lowest BCUT2D eigenvalue weighted by molar-refractivity contribution is 0.151. The molecule has 0 fully saturated rings. The van der Waals surface area contributed by atoms with Crippen LogP contribution in [0.5, 0.6) is 0 Å². The van der Waals surface area contributed by atoms with Gasteiger partial charge in [0, 0.05) is 17.3 Å². The van der Waals surface area contributed by atoms with Gasteiger partial charge in [0.15, 0.2) is 0 Å². The molecule has 110 valence electrons. The van der Waals surface area contributed by atoms with Crippen molar-refractivity contribution in [2.75, 3.05) is 6.54 Å². The minimum atomic E-state index is -0.541. The Kier molecular flexibility index (Phi) is 5.37. The van der Waals surface area contributed by atoms with E-state index < -0.39 is 6.10 Å². The van der Waals surface area contributed by atoms with E-state index in [9.17, 15) is 5.11 Å². The third-order valence-corrected chi connectivity index (χ3v) is 4.61. The summed E-state index contributed by atoms with van der Waals surface area (Å²) in [4.78, 5) is 0.966. The second-order valence-corrected chi connectivity index (χ2v) is 5.89. The molecule has 0 aliphatic carbocycles. The van der Waals surface area contributed by atoms with Crippen molar-refractivity contribution in [2.45, 2.75) is 12.0 Å². The Morgan fingerprint density at radius 1 is 1.00 bits per heavy atom. The molecule has 3 rings (SSSR count). The molecule has 2 atom stereocenters. The van der Waals surface area contributed by atoms with Gasteiger partial charge < -0.3 is 10.8 Å². The standard InChI is InChI=1S/C17H17NOS.ClH/c18-11-15(17(19)16-6-3-9-20-16)14-8-7-12-4-1-2-5-13(12)10-14;/h1-10,15,17,19H,11,18H2;1H. The maximum Gasteiger partial charge on any atom is 0.0962 e. The SMILES string of the molecule is Cl.NCC(c1ccc2ccccc2c1)C(O)c1cccs1. The van der Waals surface area contributed by atoms with Crippen LogP contribution in [0, 0.1) is 0 Å². The number of rotatable bonds is 4. The lowest BCUT2D eigenvalue weighted by Crippen LogP contribution is -2.19. The summed E-state index contributed by atoms with van der Waals surface area (Å²) in [6.45, 7) is 0.428. The molecule has 1 aromatic heterocycles. The summed E-state index contributed by atoms with van der Waals surface area (Å²) in [7, 11) is 0. The van der Waals surface area contributed by atoms with E-state index in [2.05, 4.69) is 30.3 Å². The average molecular weight is 320 g/mol. The molecule has 1 heterocycles. The molecule has 2 aromatic carbocycles. The Morgan fingerprint density at radius 3 is 2.43 bits per heavy atom. The van der Waals surface area contributed by atoms with Crippen LogP contribution in [0.3, 0.4) is 0 Å². The Morgan fingerprint density at radius 2 is 1.76 bits per heavy atom. The smallest absolute Gasteiger partial charge is 0.0962 e. The highest BCUT2D eigenvalue weighted by atomic mass is 35.5. The van der Waals surface area contributed by atoms with Crippen LogP contribution in [-0.2, 0) is 0 Å². The van der Waals surface area contributed by atoms with Gasteiger partial charge in [-0.05, 0) is 27.8 Å². The summed E-state index contributed by atoms with van der Waals surface area (Å²) in [6.07, 6.45) is -0.541. The lowest BCUT2D eigenvalue weighted by atomic mass is 9.91. The van der Waals surface area contributed by atoms with Crippen molar-refractivity contribution >= 4 is 34.5 Å².